The van der Waals surface area contributed by atoms with E-state index in [1.54, 1.807) is 16.9 Å². The number of rotatable bonds is 10. The molecule has 0 unspecified atom stereocenters. The summed E-state index contributed by atoms with van der Waals surface area (Å²) in [6, 6.07) is 23.7. The minimum absolute atomic E-state index is 0.362. The molecule has 0 fully saturated rings. The molecule has 0 aliphatic rings. The van der Waals surface area contributed by atoms with Crippen LogP contribution in [0.5, 0.6) is 5.75 Å². The number of carbonyl (C=O) groups is 1. The number of halogens is 2. The smallest absolute Gasteiger partial charge is 0.264 e. The van der Waals surface area contributed by atoms with Gasteiger partial charge in [-0.2, -0.15) is 5.10 Å². The average molecular weight is 574 g/mol. The van der Waals surface area contributed by atoms with Crippen molar-refractivity contribution < 1.29 is 26.7 Å². The maximum Gasteiger partial charge on any atom is 0.264 e. The van der Waals surface area contributed by atoms with E-state index in [1.807, 2.05) is 41.3 Å². The predicted octanol–water partition coefficient (Wildman–Crippen LogP) is 5.50. The van der Waals surface area contributed by atoms with Gasteiger partial charge in [0.25, 0.3) is 15.9 Å². The fourth-order valence-electron chi connectivity index (χ4n) is 4.23. The summed E-state index contributed by atoms with van der Waals surface area (Å²) in [6.45, 7) is 0.867. The molecule has 5 rings (SSSR count). The van der Waals surface area contributed by atoms with E-state index < -0.39 is 32.5 Å². The summed E-state index contributed by atoms with van der Waals surface area (Å²) < 4.78 is 61.3. The lowest BCUT2D eigenvalue weighted by molar-refractivity contribution is -0.114. The van der Waals surface area contributed by atoms with Gasteiger partial charge in [0.2, 0.25) is 0 Å². The number of fused-ring (bicyclic) bond motifs is 1. The van der Waals surface area contributed by atoms with Crippen LogP contribution in [0.25, 0.3) is 16.8 Å². The van der Waals surface area contributed by atoms with Gasteiger partial charge in [-0.3, -0.25) is 9.48 Å². The molecule has 10 heteroatoms. The lowest BCUT2D eigenvalue weighted by Crippen LogP contribution is -2.29. The number of nitrogens with zero attached hydrogens (tertiary/aromatic N) is 2. The monoisotopic (exact) mass is 573 g/mol. The number of hydrogen-bond donors (Lipinski definition) is 1. The molecule has 0 atom stereocenters. The highest BCUT2D eigenvalue weighted by Gasteiger charge is 2.18. The number of benzene rings is 4. The Kier molecular flexibility index (Phi) is 8.21. The van der Waals surface area contributed by atoms with Crippen LogP contribution in [0.4, 0.5) is 8.78 Å². The van der Waals surface area contributed by atoms with Gasteiger partial charge in [-0.25, -0.2) is 21.9 Å². The van der Waals surface area contributed by atoms with E-state index in [0.717, 1.165) is 34.0 Å². The standard InChI is InChI=1S/C31H25F2N3O4S/c32-28-12-11-27(20-29(28)33)41(38,39)35-31(37)13-10-25-9-7-23(21-36-16-3-15-34-36)19-30(25)40-17-14-22-6-8-24-4-1-2-5-26(24)18-22/h1-13,15-16,18-20H,14,17,21H2,(H,35,37). The third-order valence-electron chi connectivity index (χ3n) is 6.29. The Hall–Kier alpha value is -4.83. The highest BCUT2D eigenvalue weighted by Crippen LogP contribution is 2.24. The topological polar surface area (TPSA) is 90.3 Å². The molecule has 0 aliphatic carbocycles. The van der Waals surface area contributed by atoms with Crippen molar-refractivity contribution in [1.82, 2.24) is 14.5 Å². The van der Waals surface area contributed by atoms with Crippen LogP contribution in [0.15, 0.2) is 108 Å². The summed E-state index contributed by atoms with van der Waals surface area (Å²) in [5, 5.41) is 6.52. The molecule has 41 heavy (non-hydrogen) atoms. The molecule has 1 aromatic heterocycles. The first-order valence-electron chi connectivity index (χ1n) is 12.7. The second-order valence-electron chi connectivity index (χ2n) is 9.23. The Balaban J connectivity index is 1.31. The molecule has 0 bridgehead atoms. The first kappa shape index (κ1) is 27.7. The van der Waals surface area contributed by atoms with Crippen molar-refractivity contribution in [3.05, 3.63) is 132 Å². The van der Waals surface area contributed by atoms with Crippen LogP contribution in [0.3, 0.4) is 0 Å². The normalized spacial score (nSPS) is 11.7. The highest BCUT2D eigenvalue weighted by molar-refractivity contribution is 7.90. The molecule has 0 radical (unpaired) electrons. The molecule has 5 aromatic rings. The molecular formula is C31H25F2N3O4S. The maximum absolute atomic E-state index is 13.5. The first-order valence-corrected chi connectivity index (χ1v) is 14.2. The van der Waals surface area contributed by atoms with Gasteiger partial charge in [0.1, 0.15) is 5.75 Å². The van der Waals surface area contributed by atoms with E-state index >= 15 is 0 Å². The van der Waals surface area contributed by atoms with Crippen LogP contribution in [0.1, 0.15) is 16.7 Å². The summed E-state index contributed by atoms with van der Waals surface area (Å²) >= 11 is 0. The average Bonchev–Trinajstić information content (AvgIpc) is 3.47. The van der Waals surface area contributed by atoms with Gasteiger partial charge in [0.05, 0.1) is 18.0 Å². The molecule has 1 N–H and O–H groups in total. The second-order valence-corrected chi connectivity index (χ2v) is 10.9. The Morgan fingerprint density at radius 2 is 1.71 bits per heavy atom. The summed E-state index contributed by atoms with van der Waals surface area (Å²) in [5.74, 6) is -2.99. The summed E-state index contributed by atoms with van der Waals surface area (Å²) in [5.41, 5.74) is 2.57. The molecule has 4 aromatic carbocycles. The second kappa shape index (κ2) is 12.1. The number of sulfonamides is 1. The van der Waals surface area contributed by atoms with Crippen molar-refractivity contribution >= 4 is 32.8 Å². The molecule has 0 saturated heterocycles. The number of nitrogens with one attached hydrogen (secondary N) is 1. The lowest BCUT2D eigenvalue weighted by Gasteiger charge is -2.12. The van der Waals surface area contributed by atoms with Gasteiger partial charge >= 0.3 is 0 Å². The molecule has 1 amide bonds. The van der Waals surface area contributed by atoms with Crippen LogP contribution >= 0.6 is 0 Å². The summed E-state index contributed by atoms with van der Waals surface area (Å²) in [7, 11) is -4.41. The molecule has 0 aliphatic heterocycles. The van der Waals surface area contributed by atoms with Crippen molar-refractivity contribution in [1.29, 1.82) is 0 Å². The minimum atomic E-state index is -4.41. The van der Waals surface area contributed by atoms with Gasteiger partial charge in [0, 0.05) is 30.5 Å². The zero-order valence-electron chi connectivity index (χ0n) is 21.7. The minimum Gasteiger partial charge on any atom is -0.493 e. The lowest BCUT2D eigenvalue weighted by atomic mass is 10.1. The number of ether oxygens (including phenoxy) is 1. The van der Waals surface area contributed by atoms with Crippen LogP contribution in [-0.4, -0.2) is 30.7 Å². The number of carbonyl (C=O) groups excluding carboxylic acids is 1. The Labute approximate surface area is 235 Å². The number of amides is 1. The first-order chi connectivity index (χ1) is 19.8. The van der Waals surface area contributed by atoms with Crippen LogP contribution in [0, 0.1) is 11.6 Å². The Morgan fingerprint density at radius 3 is 2.49 bits per heavy atom. The zero-order chi connectivity index (χ0) is 28.8. The molecule has 1 heterocycles. The number of hydrogen-bond acceptors (Lipinski definition) is 5. The van der Waals surface area contributed by atoms with E-state index in [1.165, 1.54) is 6.08 Å². The quantitative estimate of drug-likeness (QED) is 0.223. The highest BCUT2D eigenvalue weighted by atomic mass is 32.2. The van der Waals surface area contributed by atoms with E-state index in [9.17, 15) is 22.0 Å². The molecular weight excluding hydrogens is 548 g/mol. The molecule has 7 nitrogen and oxygen atoms in total. The predicted molar refractivity (Wildman–Crippen MR) is 152 cm³/mol. The zero-order valence-corrected chi connectivity index (χ0v) is 22.5. The third-order valence-corrected chi connectivity index (χ3v) is 7.64. The molecule has 208 valence electrons. The number of aromatic nitrogens is 2. The van der Waals surface area contributed by atoms with E-state index in [4.69, 9.17) is 4.74 Å². The SMILES string of the molecule is O=C(C=Cc1ccc(Cn2cccn2)cc1OCCc1ccc2ccccc2c1)NS(=O)(=O)c1ccc(F)c(F)c1. The van der Waals surface area contributed by atoms with Crippen molar-refractivity contribution in [2.45, 2.75) is 17.9 Å². The summed E-state index contributed by atoms with van der Waals surface area (Å²) in [4.78, 5) is 11.9. The van der Waals surface area contributed by atoms with Crippen molar-refractivity contribution in [3.63, 3.8) is 0 Å². The largest absolute Gasteiger partial charge is 0.493 e. The maximum atomic E-state index is 13.5. The van der Waals surface area contributed by atoms with Gasteiger partial charge in [0.15, 0.2) is 11.6 Å². The van der Waals surface area contributed by atoms with E-state index in [-0.39, 0.29) is 0 Å². The fraction of sp³-hybridized carbons (Fsp3) is 0.0968. The van der Waals surface area contributed by atoms with E-state index in [0.29, 0.717) is 43.0 Å². The molecule has 0 saturated carbocycles. The van der Waals surface area contributed by atoms with Gasteiger partial charge < -0.3 is 4.74 Å². The van der Waals surface area contributed by atoms with Gasteiger partial charge in [-0.1, -0.05) is 54.6 Å². The van der Waals surface area contributed by atoms with Crippen molar-refractivity contribution in [2.75, 3.05) is 6.61 Å². The Bertz CT molecular complexity index is 1840. The third kappa shape index (κ3) is 7.03. The van der Waals surface area contributed by atoms with Crippen molar-refractivity contribution in [3.8, 4) is 5.75 Å². The summed E-state index contributed by atoms with van der Waals surface area (Å²) in [6.07, 6.45) is 6.64. The van der Waals surface area contributed by atoms with Gasteiger partial charge in [-0.05, 0) is 58.3 Å². The van der Waals surface area contributed by atoms with Gasteiger partial charge in [-0.15, -0.1) is 0 Å². The fourth-order valence-corrected chi connectivity index (χ4v) is 5.19. The van der Waals surface area contributed by atoms with Crippen LogP contribution < -0.4 is 9.46 Å². The Morgan fingerprint density at radius 1 is 0.902 bits per heavy atom. The van der Waals surface area contributed by atoms with Crippen LogP contribution in [0.2, 0.25) is 0 Å². The molecule has 0 spiro atoms. The van der Waals surface area contributed by atoms with Crippen LogP contribution in [-0.2, 0) is 27.8 Å². The van der Waals surface area contributed by atoms with Crippen molar-refractivity contribution in [2.24, 2.45) is 0 Å². The van der Waals surface area contributed by atoms with E-state index in [2.05, 4.69) is 35.4 Å².